The number of nitrogens with one attached hydrogen (secondary N) is 1. The van der Waals surface area contributed by atoms with Gasteiger partial charge in [-0.05, 0) is 12.1 Å². The Balaban J connectivity index is 1.84. The molecule has 2 aromatic rings. The topological polar surface area (TPSA) is 92.5 Å². The van der Waals surface area contributed by atoms with Crippen LogP contribution in [0.3, 0.4) is 0 Å². The lowest BCUT2D eigenvalue weighted by atomic mass is 10.3. The Morgan fingerprint density at radius 1 is 1.41 bits per heavy atom. The van der Waals surface area contributed by atoms with Gasteiger partial charge in [-0.2, -0.15) is 10.4 Å². The number of pyridine rings is 1. The summed E-state index contributed by atoms with van der Waals surface area (Å²) in [5, 5.41) is 15.8. The molecular formula is C11H12N6. The van der Waals surface area contributed by atoms with Gasteiger partial charge < -0.3 is 11.1 Å². The van der Waals surface area contributed by atoms with E-state index >= 15 is 0 Å². The fourth-order valence-corrected chi connectivity index (χ4v) is 1.36. The molecule has 0 aliphatic heterocycles. The van der Waals surface area contributed by atoms with E-state index in [9.17, 15) is 0 Å². The molecule has 0 amide bonds. The second-order valence-electron chi connectivity index (χ2n) is 3.51. The first-order chi connectivity index (χ1) is 8.28. The third-order valence-electron chi connectivity index (χ3n) is 2.19. The molecule has 2 rings (SSSR count). The molecule has 0 radical (unpaired) electrons. The summed E-state index contributed by atoms with van der Waals surface area (Å²) in [5.41, 5.74) is 6.75. The van der Waals surface area contributed by atoms with Crippen LogP contribution >= 0.6 is 0 Å². The van der Waals surface area contributed by atoms with Crippen molar-refractivity contribution in [2.24, 2.45) is 0 Å². The summed E-state index contributed by atoms with van der Waals surface area (Å²) in [7, 11) is 0. The Hall–Kier alpha value is -2.55. The van der Waals surface area contributed by atoms with Crippen molar-refractivity contribution in [3.05, 3.63) is 36.3 Å². The molecule has 0 aliphatic carbocycles. The summed E-state index contributed by atoms with van der Waals surface area (Å²) in [6, 6.07) is 5.52. The van der Waals surface area contributed by atoms with Crippen LogP contribution in [-0.4, -0.2) is 21.3 Å². The molecule has 0 unspecified atom stereocenters. The minimum Gasteiger partial charge on any atom is -0.396 e. The SMILES string of the molecule is N#Cc1ccc(NCCn2cc(N)cn2)nc1. The van der Waals surface area contributed by atoms with Gasteiger partial charge in [-0.1, -0.05) is 0 Å². The van der Waals surface area contributed by atoms with Crippen LogP contribution in [0.2, 0.25) is 0 Å². The summed E-state index contributed by atoms with van der Waals surface area (Å²) in [5.74, 6) is 0.740. The fourth-order valence-electron chi connectivity index (χ4n) is 1.36. The highest BCUT2D eigenvalue weighted by Gasteiger charge is 1.96. The first-order valence-electron chi connectivity index (χ1n) is 5.16. The van der Waals surface area contributed by atoms with Crippen molar-refractivity contribution >= 4 is 11.5 Å². The first-order valence-corrected chi connectivity index (χ1v) is 5.16. The van der Waals surface area contributed by atoms with Gasteiger partial charge in [0.25, 0.3) is 0 Å². The zero-order valence-corrected chi connectivity index (χ0v) is 9.17. The van der Waals surface area contributed by atoms with Crippen molar-refractivity contribution in [3.8, 4) is 6.07 Å². The molecular weight excluding hydrogens is 216 g/mol. The zero-order valence-electron chi connectivity index (χ0n) is 9.17. The molecule has 0 fully saturated rings. The number of nitrogen functional groups attached to an aromatic ring is 1. The largest absolute Gasteiger partial charge is 0.396 e. The maximum absolute atomic E-state index is 8.62. The number of nitriles is 1. The molecule has 0 bridgehead atoms. The van der Waals surface area contributed by atoms with E-state index in [-0.39, 0.29) is 0 Å². The Bertz CT molecular complexity index is 522. The molecule has 0 aromatic carbocycles. The maximum Gasteiger partial charge on any atom is 0.126 e. The Morgan fingerprint density at radius 3 is 2.88 bits per heavy atom. The molecule has 86 valence electrons. The molecule has 2 aromatic heterocycles. The fraction of sp³-hybridized carbons (Fsp3) is 0.182. The van der Waals surface area contributed by atoms with E-state index in [2.05, 4.69) is 15.4 Å². The monoisotopic (exact) mass is 228 g/mol. The van der Waals surface area contributed by atoms with E-state index in [1.54, 1.807) is 29.2 Å². The van der Waals surface area contributed by atoms with E-state index in [4.69, 9.17) is 11.0 Å². The maximum atomic E-state index is 8.62. The predicted octanol–water partition coefficient (Wildman–Crippen LogP) is 0.844. The zero-order chi connectivity index (χ0) is 12.1. The summed E-state index contributed by atoms with van der Waals surface area (Å²) in [6.07, 6.45) is 4.92. The standard InChI is InChI=1S/C11H12N6/c12-5-9-1-2-11(15-6-9)14-3-4-17-8-10(13)7-16-17/h1-2,6-8H,3-4,13H2,(H,14,15). The number of nitrogens with two attached hydrogens (primary N) is 1. The van der Waals surface area contributed by atoms with Gasteiger partial charge >= 0.3 is 0 Å². The lowest BCUT2D eigenvalue weighted by Crippen LogP contribution is -2.11. The van der Waals surface area contributed by atoms with Crippen LogP contribution in [0.1, 0.15) is 5.56 Å². The van der Waals surface area contributed by atoms with Crippen LogP contribution in [0, 0.1) is 11.3 Å². The average Bonchev–Trinajstić information content (AvgIpc) is 2.76. The number of hydrogen-bond donors (Lipinski definition) is 2. The van der Waals surface area contributed by atoms with Gasteiger partial charge in [-0.25, -0.2) is 4.98 Å². The smallest absolute Gasteiger partial charge is 0.126 e. The van der Waals surface area contributed by atoms with Crippen LogP contribution in [0.5, 0.6) is 0 Å². The molecule has 0 aliphatic rings. The first kappa shape index (κ1) is 11.0. The van der Waals surface area contributed by atoms with E-state index in [0.29, 0.717) is 24.3 Å². The minimum atomic E-state index is 0.551. The van der Waals surface area contributed by atoms with Crippen molar-refractivity contribution in [1.82, 2.24) is 14.8 Å². The quantitative estimate of drug-likeness (QED) is 0.809. The third-order valence-corrected chi connectivity index (χ3v) is 2.19. The lowest BCUT2D eigenvalue weighted by Gasteiger charge is -2.05. The number of anilines is 2. The molecule has 0 spiro atoms. The van der Waals surface area contributed by atoms with Gasteiger partial charge in [0.15, 0.2) is 0 Å². The summed E-state index contributed by atoms with van der Waals surface area (Å²) in [4.78, 5) is 4.10. The van der Waals surface area contributed by atoms with Crippen molar-refractivity contribution < 1.29 is 0 Å². The Morgan fingerprint density at radius 2 is 2.29 bits per heavy atom. The Kier molecular flexibility index (Phi) is 3.21. The second-order valence-corrected chi connectivity index (χ2v) is 3.51. The number of hydrogen-bond acceptors (Lipinski definition) is 5. The van der Waals surface area contributed by atoms with E-state index in [0.717, 1.165) is 5.82 Å². The Labute approximate surface area is 98.7 Å². The highest BCUT2D eigenvalue weighted by molar-refractivity contribution is 5.38. The van der Waals surface area contributed by atoms with Crippen molar-refractivity contribution in [3.63, 3.8) is 0 Å². The van der Waals surface area contributed by atoms with E-state index in [1.807, 2.05) is 6.07 Å². The molecule has 0 atom stereocenters. The summed E-state index contributed by atoms with van der Waals surface area (Å²) < 4.78 is 1.76. The van der Waals surface area contributed by atoms with Crippen LogP contribution in [0.15, 0.2) is 30.7 Å². The summed E-state index contributed by atoms with van der Waals surface area (Å²) in [6.45, 7) is 1.40. The average molecular weight is 228 g/mol. The van der Waals surface area contributed by atoms with Crippen molar-refractivity contribution in [1.29, 1.82) is 5.26 Å². The van der Waals surface area contributed by atoms with Gasteiger partial charge in [0.1, 0.15) is 11.9 Å². The molecule has 6 heteroatoms. The minimum absolute atomic E-state index is 0.551. The molecule has 0 saturated heterocycles. The van der Waals surface area contributed by atoms with E-state index in [1.165, 1.54) is 6.20 Å². The third kappa shape index (κ3) is 2.95. The normalized spacial score (nSPS) is 9.82. The second kappa shape index (κ2) is 4.99. The molecule has 3 N–H and O–H groups in total. The number of rotatable bonds is 4. The number of aromatic nitrogens is 3. The highest BCUT2D eigenvalue weighted by Crippen LogP contribution is 2.04. The van der Waals surface area contributed by atoms with Gasteiger partial charge in [-0.3, -0.25) is 4.68 Å². The van der Waals surface area contributed by atoms with Crippen LogP contribution < -0.4 is 11.1 Å². The van der Waals surface area contributed by atoms with Crippen LogP contribution in [0.25, 0.3) is 0 Å². The van der Waals surface area contributed by atoms with E-state index < -0.39 is 0 Å². The molecule has 6 nitrogen and oxygen atoms in total. The molecule has 0 saturated carbocycles. The van der Waals surface area contributed by atoms with Crippen molar-refractivity contribution in [2.75, 3.05) is 17.6 Å². The predicted molar refractivity (Wildman–Crippen MR) is 64.1 cm³/mol. The van der Waals surface area contributed by atoms with Crippen molar-refractivity contribution in [2.45, 2.75) is 6.54 Å². The van der Waals surface area contributed by atoms with Gasteiger partial charge in [0.05, 0.1) is 24.0 Å². The lowest BCUT2D eigenvalue weighted by molar-refractivity contribution is 0.637. The van der Waals surface area contributed by atoms with Gasteiger partial charge in [0.2, 0.25) is 0 Å². The molecule has 17 heavy (non-hydrogen) atoms. The van der Waals surface area contributed by atoms with Gasteiger partial charge in [0, 0.05) is 18.9 Å². The summed E-state index contributed by atoms with van der Waals surface area (Å²) >= 11 is 0. The van der Waals surface area contributed by atoms with Crippen LogP contribution in [0.4, 0.5) is 11.5 Å². The highest BCUT2D eigenvalue weighted by atomic mass is 15.3. The molecule has 2 heterocycles. The number of nitrogens with zero attached hydrogens (tertiary/aromatic N) is 4. The van der Waals surface area contributed by atoms with Gasteiger partial charge in [-0.15, -0.1) is 0 Å². The van der Waals surface area contributed by atoms with Crippen LogP contribution in [-0.2, 0) is 6.54 Å².